The molecule has 1 fully saturated rings. The molecule has 2 heterocycles. The maximum absolute atomic E-state index is 12.3. The summed E-state index contributed by atoms with van der Waals surface area (Å²) in [6.07, 6.45) is 1.39. The lowest BCUT2D eigenvalue weighted by Gasteiger charge is -2.15. The summed E-state index contributed by atoms with van der Waals surface area (Å²) in [6.45, 7) is 0.481. The van der Waals surface area contributed by atoms with Gasteiger partial charge in [-0.15, -0.1) is 0 Å². The zero-order chi connectivity index (χ0) is 14.9. The van der Waals surface area contributed by atoms with Gasteiger partial charge < -0.3 is 10.6 Å². The Morgan fingerprint density at radius 1 is 1.55 bits per heavy atom. The normalized spacial score (nSPS) is 18.1. The summed E-state index contributed by atoms with van der Waals surface area (Å²) in [5, 5.41) is 10.9. The first-order valence-electron chi connectivity index (χ1n) is 5.78. The number of pyridine rings is 1. The summed E-state index contributed by atoms with van der Waals surface area (Å²) < 4.78 is 0. The lowest BCUT2D eigenvalue weighted by atomic mass is 10.1. The number of nitrogens with zero attached hydrogens (tertiary/aromatic N) is 3. The number of likely N-dealkylation sites (tertiary alicyclic amines) is 1. The fourth-order valence-corrected chi connectivity index (χ4v) is 2.24. The first-order chi connectivity index (χ1) is 9.40. The van der Waals surface area contributed by atoms with Crippen molar-refractivity contribution < 1.29 is 14.5 Å². The van der Waals surface area contributed by atoms with Crippen LogP contribution in [0.1, 0.15) is 16.8 Å². The third-order valence-corrected chi connectivity index (χ3v) is 3.36. The molecule has 0 saturated carbocycles. The molecular formula is C11H11ClN4O4. The molecule has 106 valence electrons. The van der Waals surface area contributed by atoms with Gasteiger partial charge in [-0.3, -0.25) is 19.7 Å². The second-order valence-corrected chi connectivity index (χ2v) is 4.81. The summed E-state index contributed by atoms with van der Waals surface area (Å²) in [4.78, 5) is 38.5. The van der Waals surface area contributed by atoms with E-state index in [2.05, 4.69) is 4.98 Å². The van der Waals surface area contributed by atoms with Gasteiger partial charge in [-0.05, 0) is 12.5 Å². The molecule has 9 heteroatoms. The molecule has 1 atom stereocenters. The number of carbonyl (C=O) groups excluding carboxylic acids is 2. The van der Waals surface area contributed by atoms with Crippen LogP contribution in [0, 0.1) is 16.0 Å². The Hall–Kier alpha value is -2.22. The van der Waals surface area contributed by atoms with Gasteiger partial charge in [-0.2, -0.15) is 0 Å². The Balaban J connectivity index is 2.28. The van der Waals surface area contributed by atoms with Crippen molar-refractivity contribution in [3.05, 3.63) is 33.1 Å². The molecule has 1 aliphatic rings. The van der Waals surface area contributed by atoms with Crippen molar-refractivity contribution in [2.45, 2.75) is 6.42 Å². The highest BCUT2D eigenvalue weighted by Crippen LogP contribution is 2.25. The van der Waals surface area contributed by atoms with Crippen LogP contribution < -0.4 is 5.73 Å². The largest absolute Gasteiger partial charge is 0.369 e. The van der Waals surface area contributed by atoms with Crippen molar-refractivity contribution in [1.29, 1.82) is 0 Å². The van der Waals surface area contributed by atoms with Crippen molar-refractivity contribution in [2.75, 3.05) is 13.1 Å². The third-order valence-electron chi connectivity index (χ3n) is 3.15. The quantitative estimate of drug-likeness (QED) is 0.497. The molecule has 20 heavy (non-hydrogen) atoms. The van der Waals surface area contributed by atoms with Crippen molar-refractivity contribution in [2.24, 2.45) is 11.7 Å². The van der Waals surface area contributed by atoms with Gasteiger partial charge >= 0.3 is 0 Å². The van der Waals surface area contributed by atoms with E-state index in [0.717, 1.165) is 12.3 Å². The number of carbonyl (C=O) groups is 2. The molecule has 1 unspecified atom stereocenters. The summed E-state index contributed by atoms with van der Waals surface area (Å²) in [5.74, 6) is -1.46. The van der Waals surface area contributed by atoms with Gasteiger partial charge in [-0.25, -0.2) is 4.98 Å². The van der Waals surface area contributed by atoms with Crippen LogP contribution >= 0.6 is 11.6 Å². The minimum absolute atomic E-state index is 0.00963. The van der Waals surface area contributed by atoms with E-state index in [1.165, 1.54) is 4.90 Å². The van der Waals surface area contributed by atoms with E-state index in [0.29, 0.717) is 13.0 Å². The van der Waals surface area contributed by atoms with Crippen LogP contribution in [0.25, 0.3) is 0 Å². The lowest BCUT2D eigenvalue weighted by molar-refractivity contribution is -0.385. The molecule has 2 rings (SSSR count). The Morgan fingerprint density at radius 3 is 2.80 bits per heavy atom. The SMILES string of the molecule is NC(=O)C1CCN(C(=O)c2cc(Cl)ncc2[N+](=O)[O-])C1. The number of amides is 2. The summed E-state index contributed by atoms with van der Waals surface area (Å²) in [7, 11) is 0. The zero-order valence-electron chi connectivity index (χ0n) is 10.3. The Labute approximate surface area is 118 Å². The first kappa shape index (κ1) is 14.2. The molecule has 8 nitrogen and oxygen atoms in total. The van der Waals surface area contributed by atoms with Crippen molar-refractivity contribution >= 4 is 29.1 Å². The second-order valence-electron chi connectivity index (χ2n) is 4.42. The molecule has 1 saturated heterocycles. The summed E-state index contributed by atoms with van der Waals surface area (Å²) in [5.41, 5.74) is 4.63. The van der Waals surface area contributed by atoms with Crippen LogP contribution in [-0.2, 0) is 4.79 Å². The Bertz CT molecular complexity index is 592. The van der Waals surface area contributed by atoms with Crippen LogP contribution in [-0.4, -0.2) is 39.7 Å². The number of aromatic nitrogens is 1. The topological polar surface area (TPSA) is 119 Å². The van der Waals surface area contributed by atoms with Crippen molar-refractivity contribution in [3.63, 3.8) is 0 Å². The maximum atomic E-state index is 12.3. The van der Waals surface area contributed by atoms with Gasteiger partial charge in [0.2, 0.25) is 5.91 Å². The molecule has 0 aromatic carbocycles. The number of rotatable bonds is 3. The number of primary amides is 1. The van der Waals surface area contributed by atoms with Crippen LogP contribution in [0.15, 0.2) is 12.3 Å². The molecule has 1 aliphatic heterocycles. The first-order valence-corrected chi connectivity index (χ1v) is 6.16. The molecule has 1 aromatic rings. The molecular weight excluding hydrogens is 288 g/mol. The Morgan fingerprint density at radius 2 is 2.25 bits per heavy atom. The van der Waals surface area contributed by atoms with Gasteiger partial charge in [0.25, 0.3) is 11.6 Å². The number of hydrogen-bond donors (Lipinski definition) is 1. The van der Waals surface area contributed by atoms with E-state index in [1.54, 1.807) is 0 Å². The monoisotopic (exact) mass is 298 g/mol. The van der Waals surface area contributed by atoms with E-state index >= 15 is 0 Å². The van der Waals surface area contributed by atoms with E-state index in [1.807, 2.05) is 0 Å². The van der Waals surface area contributed by atoms with Crippen LogP contribution in [0.5, 0.6) is 0 Å². The predicted molar refractivity (Wildman–Crippen MR) is 69.1 cm³/mol. The van der Waals surface area contributed by atoms with Gasteiger partial charge in [-0.1, -0.05) is 11.6 Å². The minimum atomic E-state index is -0.696. The molecule has 0 spiro atoms. The number of halogens is 1. The summed E-state index contributed by atoms with van der Waals surface area (Å²) >= 11 is 5.67. The molecule has 1 aromatic heterocycles. The van der Waals surface area contributed by atoms with Crippen molar-refractivity contribution in [1.82, 2.24) is 9.88 Å². The average molecular weight is 299 g/mol. The fraction of sp³-hybridized carbons (Fsp3) is 0.364. The number of hydrogen-bond acceptors (Lipinski definition) is 5. The van der Waals surface area contributed by atoms with Gasteiger partial charge in [0, 0.05) is 13.1 Å². The van der Waals surface area contributed by atoms with Crippen molar-refractivity contribution in [3.8, 4) is 0 Å². The summed E-state index contributed by atoms with van der Waals surface area (Å²) in [6, 6.07) is 1.15. The standard InChI is InChI=1S/C11H11ClN4O4/c12-9-3-7(8(4-14-9)16(19)20)11(18)15-2-1-6(5-15)10(13)17/h3-4,6H,1-2,5H2,(H2,13,17). The number of nitrogens with two attached hydrogens (primary N) is 1. The Kier molecular flexibility index (Phi) is 3.84. The second kappa shape index (κ2) is 5.41. The predicted octanol–water partition coefficient (Wildman–Crippen LogP) is 0.591. The fourth-order valence-electron chi connectivity index (χ4n) is 2.09. The highest BCUT2D eigenvalue weighted by Gasteiger charge is 2.33. The van der Waals surface area contributed by atoms with Gasteiger partial charge in [0.05, 0.1) is 10.8 Å². The highest BCUT2D eigenvalue weighted by atomic mass is 35.5. The lowest BCUT2D eigenvalue weighted by Crippen LogP contribution is -2.32. The van der Waals surface area contributed by atoms with Gasteiger partial charge in [0.1, 0.15) is 16.9 Å². The zero-order valence-corrected chi connectivity index (χ0v) is 11.0. The third kappa shape index (κ3) is 2.69. The van der Waals surface area contributed by atoms with Crippen LogP contribution in [0.3, 0.4) is 0 Å². The van der Waals surface area contributed by atoms with Crippen LogP contribution in [0.4, 0.5) is 5.69 Å². The van der Waals surface area contributed by atoms with E-state index < -0.39 is 28.3 Å². The van der Waals surface area contributed by atoms with E-state index in [-0.39, 0.29) is 17.3 Å². The van der Waals surface area contributed by atoms with Crippen LogP contribution in [0.2, 0.25) is 5.15 Å². The highest BCUT2D eigenvalue weighted by molar-refractivity contribution is 6.29. The molecule has 0 bridgehead atoms. The van der Waals surface area contributed by atoms with E-state index in [4.69, 9.17) is 17.3 Å². The average Bonchev–Trinajstić information content (AvgIpc) is 2.87. The van der Waals surface area contributed by atoms with E-state index in [9.17, 15) is 19.7 Å². The minimum Gasteiger partial charge on any atom is -0.369 e. The molecule has 0 aliphatic carbocycles. The molecule has 0 radical (unpaired) electrons. The van der Waals surface area contributed by atoms with Gasteiger partial charge in [0.15, 0.2) is 0 Å². The number of nitro groups is 1. The maximum Gasteiger partial charge on any atom is 0.300 e. The molecule has 2 N–H and O–H groups in total. The smallest absolute Gasteiger partial charge is 0.300 e. The molecule has 2 amide bonds.